The lowest BCUT2D eigenvalue weighted by Gasteiger charge is -2.15. The normalized spacial score (nSPS) is 11.4. The summed E-state index contributed by atoms with van der Waals surface area (Å²) in [5.74, 6) is 0.677. The van der Waals surface area contributed by atoms with Crippen LogP contribution in [0.1, 0.15) is 0 Å². The predicted molar refractivity (Wildman–Crippen MR) is 242 cm³/mol. The molecule has 3 heteroatoms. The molecule has 0 unspecified atom stereocenters. The zero-order chi connectivity index (χ0) is 38.4. The molecular weight excluding hydrogens is 703 g/mol. The first-order valence-electron chi connectivity index (χ1n) is 19.7. The molecular formula is C55H35N3. The molecule has 11 aromatic rings. The van der Waals surface area contributed by atoms with E-state index in [0.29, 0.717) is 5.82 Å². The number of hydrogen-bond donors (Lipinski definition) is 0. The molecule has 0 fully saturated rings. The predicted octanol–water partition coefficient (Wildman–Crippen LogP) is 14.5. The van der Waals surface area contributed by atoms with Gasteiger partial charge in [-0.25, -0.2) is 15.0 Å². The van der Waals surface area contributed by atoms with Gasteiger partial charge in [-0.2, -0.15) is 0 Å². The minimum Gasteiger partial charge on any atom is -0.247 e. The van der Waals surface area contributed by atoms with Crippen molar-refractivity contribution in [3.05, 3.63) is 212 Å². The quantitative estimate of drug-likeness (QED) is 0.160. The number of pyridine rings is 1. The molecule has 2 aromatic heterocycles. The number of fused-ring (bicyclic) bond motifs is 6. The lowest BCUT2D eigenvalue weighted by Crippen LogP contribution is -1.96. The lowest BCUT2D eigenvalue weighted by atomic mass is 9.92. The van der Waals surface area contributed by atoms with Gasteiger partial charge in [-0.1, -0.05) is 188 Å². The van der Waals surface area contributed by atoms with E-state index in [1.807, 2.05) is 12.1 Å². The minimum atomic E-state index is 0.677. The fourth-order valence-corrected chi connectivity index (χ4v) is 8.39. The molecule has 0 aliphatic carbocycles. The first-order valence-corrected chi connectivity index (χ1v) is 19.7. The number of benzene rings is 9. The summed E-state index contributed by atoms with van der Waals surface area (Å²) in [5, 5.41) is 8.39. The fourth-order valence-electron chi connectivity index (χ4n) is 8.39. The molecule has 9 aromatic carbocycles. The van der Waals surface area contributed by atoms with Gasteiger partial charge in [-0.3, -0.25) is 0 Å². The molecule has 0 spiro atoms. The van der Waals surface area contributed by atoms with Gasteiger partial charge in [0.25, 0.3) is 0 Å². The second-order valence-electron chi connectivity index (χ2n) is 14.8. The van der Waals surface area contributed by atoms with E-state index in [0.717, 1.165) is 61.2 Å². The van der Waals surface area contributed by atoms with Crippen molar-refractivity contribution in [1.29, 1.82) is 0 Å². The molecule has 0 amide bonds. The van der Waals surface area contributed by atoms with Gasteiger partial charge in [0.05, 0.1) is 22.6 Å². The highest BCUT2D eigenvalue weighted by Crippen LogP contribution is 2.40. The van der Waals surface area contributed by atoms with E-state index in [1.54, 1.807) is 0 Å². The summed E-state index contributed by atoms with van der Waals surface area (Å²) in [6, 6.07) is 75.1. The third-order valence-electron chi connectivity index (χ3n) is 11.3. The molecule has 3 nitrogen and oxygen atoms in total. The van der Waals surface area contributed by atoms with Crippen LogP contribution < -0.4 is 0 Å². The van der Waals surface area contributed by atoms with E-state index < -0.39 is 0 Å². The Balaban J connectivity index is 1.04. The molecule has 0 bridgehead atoms. The van der Waals surface area contributed by atoms with Crippen LogP contribution in [0.2, 0.25) is 0 Å². The molecule has 2 heterocycles. The van der Waals surface area contributed by atoms with E-state index in [-0.39, 0.29) is 0 Å². The smallest absolute Gasteiger partial charge is 0.160 e. The van der Waals surface area contributed by atoms with Crippen molar-refractivity contribution < 1.29 is 0 Å². The van der Waals surface area contributed by atoms with Gasteiger partial charge in [0.2, 0.25) is 0 Å². The molecule has 11 rings (SSSR count). The standard InChI is InChI=1S/C55H35N3/c1-3-13-36(14-4-1)42-20-11-21-44(33-42)52-35-51(39-17-5-2-6-18-39)57-55(58-52)41-27-25-40(26-28-41)54-48-31-29-38-16-8-10-23-47(38)53(48)49-34-43(30-32-50(49)56-54)46-24-12-19-37-15-7-9-22-45(37)46/h1-35H. The average Bonchev–Trinajstić information content (AvgIpc) is 3.31. The van der Waals surface area contributed by atoms with Crippen molar-refractivity contribution in [1.82, 2.24) is 15.0 Å². The van der Waals surface area contributed by atoms with Gasteiger partial charge >= 0.3 is 0 Å². The van der Waals surface area contributed by atoms with E-state index in [2.05, 4.69) is 200 Å². The van der Waals surface area contributed by atoms with Gasteiger partial charge in [0.1, 0.15) is 0 Å². The van der Waals surface area contributed by atoms with Gasteiger partial charge in [-0.05, 0) is 68.1 Å². The second-order valence-corrected chi connectivity index (χ2v) is 14.8. The van der Waals surface area contributed by atoms with Crippen molar-refractivity contribution in [3.8, 4) is 67.4 Å². The van der Waals surface area contributed by atoms with E-state index in [1.165, 1.54) is 43.6 Å². The van der Waals surface area contributed by atoms with Crippen molar-refractivity contribution in [2.75, 3.05) is 0 Å². The Morgan fingerprint density at radius 1 is 0.276 bits per heavy atom. The van der Waals surface area contributed by atoms with Gasteiger partial charge in [-0.15, -0.1) is 0 Å². The highest BCUT2D eigenvalue weighted by molar-refractivity contribution is 6.23. The van der Waals surface area contributed by atoms with Crippen molar-refractivity contribution >= 4 is 43.2 Å². The van der Waals surface area contributed by atoms with E-state index >= 15 is 0 Å². The van der Waals surface area contributed by atoms with Crippen LogP contribution in [0, 0.1) is 0 Å². The zero-order valence-corrected chi connectivity index (χ0v) is 31.5. The largest absolute Gasteiger partial charge is 0.247 e. The minimum absolute atomic E-state index is 0.677. The molecule has 0 N–H and O–H groups in total. The Kier molecular flexibility index (Phi) is 8.15. The van der Waals surface area contributed by atoms with Crippen LogP contribution in [-0.2, 0) is 0 Å². The van der Waals surface area contributed by atoms with Crippen molar-refractivity contribution in [2.24, 2.45) is 0 Å². The van der Waals surface area contributed by atoms with Crippen molar-refractivity contribution in [2.45, 2.75) is 0 Å². The molecule has 0 radical (unpaired) electrons. The van der Waals surface area contributed by atoms with Crippen LogP contribution in [0.3, 0.4) is 0 Å². The Morgan fingerprint density at radius 2 is 0.862 bits per heavy atom. The Hall–Kier alpha value is -7.75. The number of hydrogen-bond acceptors (Lipinski definition) is 3. The summed E-state index contributed by atoms with van der Waals surface area (Å²) in [4.78, 5) is 15.7. The zero-order valence-electron chi connectivity index (χ0n) is 31.5. The van der Waals surface area contributed by atoms with E-state index in [9.17, 15) is 0 Å². The summed E-state index contributed by atoms with van der Waals surface area (Å²) in [6.45, 7) is 0. The maximum Gasteiger partial charge on any atom is 0.160 e. The van der Waals surface area contributed by atoms with Gasteiger partial charge < -0.3 is 0 Å². The van der Waals surface area contributed by atoms with Crippen LogP contribution in [0.15, 0.2) is 212 Å². The number of nitrogens with zero attached hydrogens (tertiary/aromatic N) is 3. The Morgan fingerprint density at radius 3 is 1.66 bits per heavy atom. The highest BCUT2D eigenvalue weighted by atomic mass is 14.9. The van der Waals surface area contributed by atoms with Crippen LogP contribution in [0.25, 0.3) is 111 Å². The molecule has 0 saturated heterocycles. The summed E-state index contributed by atoms with van der Waals surface area (Å²) in [6.07, 6.45) is 0. The monoisotopic (exact) mass is 737 g/mol. The topological polar surface area (TPSA) is 38.7 Å². The van der Waals surface area contributed by atoms with Crippen LogP contribution in [0.5, 0.6) is 0 Å². The summed E-state index contributed by atoms with van der Waals surface area (Å²) >= 11 is 0. The van der Waals surface area contributed by atoms with Gasteiger partial charge in [0.15, 0.2) is 5.82 Å². The summed E-state index contributed by atoms with van der Waals surface area (Å²) < 4.78 is 0. The average molecular weight is 738 g/mol. The molecule has 0 aliphatic heterocycles. The summed E-state index contributed by atoms with van der Waals surface area (Å²) in [5.41, 5.74) is 12.5. The van der Waals surface area contributed by atoms with Crippen LogP contribution in [0.4, 0.5) is 0 Å². The maximum absolute atomic E-state index is 5.39. The fraction of sp³-hybridized carbons (Fsp3) is 0. The first kappa shape index (κ1) is 33.6. The van der Waals surface area contributed by atoms with E-state index in [4.69, 9.17) is 15.0 Å². The van der Waals surface area contributed by atoms with Crippen LogP contribution >= 0.6 is 0 Å². The summed E-state index contributed by atoms with van der Waals surface area (Å²) in [7, 11) is 0. The molecule has 0 saturated carbocycles. The Labute approximate surface area is 336 Å². The van der Waals surface area contributed by atoms with Crippen LogP contribution in [-0.4, -0.2) is 15.0 Å². The second kappa shape index (κ2) is 14.1. The first-order chi connectivity index (χ1) is 28.7. The Bertz CT molecular complexity index is 3310. The molecule has 58 heavy (non-hydrogen) atoms. The third kappa shape index (κ3) is 5.98. The van der Waals surface area contributed by atoms with Gasteiger partial charge in [0, 0.05) is 38.4 Å². The molecule has 270 valence electrons. The highest BCUT2D eigenvalue weighted by Gasteiger charge is 2.17. The number of aromatic nitrogens is 3. The lowest BCUT2D eigenvalue weighted by molar-refractivity contribution is 1.18. The van der Waals surface area contributed by atoms with Crippen molar-refractivity contribution in [3.63, 3.8) is 0 Å². The SMILES string of the molecule is c1ccc(-c2cccc(-c3cc(-c4ccccc4)nc(-c4ccc(-c5nc6ccc(-c7cccc8ccccc78)cc6c6c5ccc5ccccc56)cc4)n3)c2)cc1. The maximum atomic E-state index is 5.39. The number of rotatable bonds is 6. The molecule has 0 aliphatic rings. The molecule has 0 atom stereocenters. The third-order valence-corrected chi connectivity index (χ3v) is 11.3.